The molecule has 0 radical (unpaired) electrons. The number of nitrogens with one attached hydrogen (secondary N) is 1. The summed E-state index contributed by atoms with van der Waals surface area (Å²) in [6, 6.07) is 9.03. The molecule has 2 aromatic heterocycles. The fourth-order valence-electron chi connectivity index (χ4n) is 2.31. The number of hydrogen-bond acceptors (Lipinski definition) is 4. The lowest BCUT2D eigenvalue weighted by molar-refractivity contribution is 0.0689. The number of carbonyl (C=O) groups is 1. The zero-order valence-corrected chi connectivity index (χ0v) is 13.0. The van der Waals surface area contributed by atoms with Gasteiger partial charge in [-0.25, -0.2) is 9.78 Å². The summed E-state index contributed by atoms with van der Waals surface area (Å²) in [5.74, 6) is -0.325. The summed E-state index contributed by atoms with van der Waals surface area (Å²) in [6.45, 7) is 0.517. The zero-order chi connectivity index (χ0) is 16.4. The number of aromatic carboxylic acids is 1. The third-order valence-electron chi connectivity index (χ3n) is 3.46. The van der Waals surface area contributed by atoms with Crippen molar-refractivity contribution in [1.29, 1.82) is 0 Å². The van der Waals surface area contributed by atoms with Crippen molar-refractivity contribution in [1.82, 2.24) is 9.38 Å². The highest BCUT2D eigenvalue weighted by atomic mass is 35.5. The molecular formula is C16H14ClN3O3. The Labute approximate surface area is 137 Å². The minimum atomic E-state index is -1.02. The van der Waals surface area contributed by atoms with Gasteiger partial charge < -0.3 is 15.2 Å². The molecule has 0 aliphatic rings. The molecule has 0 saturated carbocycles. The van der Waals surface area contributed by atoms with Crippen LogP contribution in [0.1, 0.15) is 16.1 Å². The number of pyridine rings is 1. The fraction of sp³-hybridized carbons (Fsp3) is 0.125. The van der Waals surface area contributed by atoms with Crippen LogP contribution in [0.2, 0.25) is 5.02 Å². The lowest BCUT2D eigenvalue weighted by atomic mass is 10.2. The normalized spacial score (nSPS) is 10.7. The Kier molecular flexibility index (Phi) is 4.08. The lowest BCUT2D eigenvalue weighted by Crippen LogP contribution is -2.05. The van der Waals surface area contributed by atoms with Gasteiger partial charge in [0.05, 0.1) is 19.0 Å². The van der Waals surface area contributed by atoms with Crippen molar-refractivity contribution in [2.24, 2.45) is 0 Å². The van der Waals surface area contributed by atoms with Crippen molar-refractivity contribution in [2.45, 2.75) is 6.54 Å². The Morgan fingerprint density at radius 1 is 1.39 bits per heavy atom. The third-order valence-corrected chi connectivity index (χ3v) is 3.69. The quantitative estimate of drug-likeness (QED) is 0.750. The topological polar surface area (TPSA) is 75.9 Å². The molecule has 0 atom stereocenters. The van der Waals surface area contributed by atoms with Crippen LogP contribution in [-0.4, -0.2) is 27.6 Å². The number of methoxy groups -OCH3 is 1. The molecule has 1 aromatic carbocycles. The molecule has 6 nitrogen and oxygen atoms in total. The largest absolute Gasteiger partial charge is 0.496 e. The first-order valence-corrected chi connectivity index (χ1v) is 7.23. The van der Waals surface area contributed by atoms with E-state index in [1.165, 1.54) is 10.6 Å². The molecule has 0 aliphatic heterocycles. The first-order chi connectivity index (χ1) is 11.1. The van der Waals surface area contributed by atoms with E-state index in [0.29, 0.717) is 23.0 Å². The number of fused-ring (bicyclic) bond motifs is 1. The highest BCUT2D eigenvalue weighted by molar-refractivity contribution is 6.30. The van der Waals surface area contributed by atoms with Crippen LogP contribution >= 0.6 is 11.6 Å². The summed E-state index contributed by atoms with van der Waals surface area (Å²) in [5.41, 5.74) is 2.42. The van der Waals surface area contributed by atoms with Crippen LogP contribution in [0.5, 0.6) is 5.75 Å². The minimum Gasteiger partial charge on any atom is -0.496 e. The summed E-state index contributed by atoms with van der Waals surface area (Å²) >= 11 is 5.95. The molecule has 0 unspecified atom stereocenters. The van der Waals surface area contributed by atoms with Gasteiger partial charge in [-0.05, 0) is 24.3 Å². The van der Waals surface area contributed by atoms with Crippen molar-refractivity contribution < 1.29 is 14.6 Å². The molecule has 2 N–H and O–H groups in total. The maximum atomic E-state index is 11.2. The van der Waals surface area contributed by atoms with Crippen molar-refractivity contribution >= 4 is 28.9 Å². The number of nitrogens with zero attached hydrogens (tertiary/aromatic N) is 2. The van der Waals surface area contributed by atoms with Crippen molar-refractivity contribution in [3.63, 3.8) is 0 Å². The molecule has 0 aliphatic carbocycles. The summed E-state index contributed by atoms with van der Waals surface area (Å²) < 4.78 is 6.84. The van der Waals surface area contributed by atoms with E-state index in [4.69, 9.17) is 21.4 Å². The highest BCUT2D eigenvalue weighted by Gasteiger charge is 2.10. The second kappa shape index (κ2) is 6.18. The summed E-state index contributed by atoms with van der Waals surface area (Å²) in [7, 11) is 1.59. The molecule has 2 heterocycles. The summed E-state index contributed by atoms with van der Waals surface area (Å²) in [5, 5.41) is 13.0. The molecule has 0 bridgehead atoms. The van der Waals surface area contributed by atoms with Crippen molar-refractivity contribution in [2.75, 3.05) is 12.4 Å². The molecule has 7 heteroatoms. The number of carboxylic acid groups (broad SMARTS) is 1. The zero-order valence-electron chi connectivity index (χ0n) is 12.3. The van der Waals surface area contributed by atoms with Gasteiger partial charge in [-0.15, -0.1) is 0 Å². The predicted octanol–water partition coefficient (Wildman–Crippen LogP) is 3.31. The second-order valence-electron chi connectivity index (χ2n) is 4.90. The number of anilines is 1. The van der Waals surface area contributed by atoms with Gasteiger partial charge in [-0.2, -0.15) is 0 Å². The molecule has 3 rings (SSSR count). The molecule has 0 saturated heterocycles. The highest BCUT2D eigenvalue weighted by Crippen LogP contribution is 2.24. The Balaban J connectivity index is 1.84. The van der Waals surface area contributed by atoms with Gasteiger partial charge in [0.25, 0.3) is 0 Å². The summed E-state index contributed by atoms with van der Waals surface area (Å²) in [4.78, 5) is 15.2. The van der Waals surface area contributed by atoms with Crippen LogP contribution in [0.3, 0.4) is 0 Å². The van der Waals surface area contributed by atoms with Gasteiger partial charge in [0.2, 0.25) is 0 Å². The third kappa shape index (κ3) is 3.07. The first-order valence-electron chi connectivity index (χ1n) is 6.85. The number of hydrogen-bond donors (Lipinski definition) is 2. The molecule has 0 amide bonds. The van der Waals surface area contributed by atoms with Crippen LogP contribution in [0.4, 0.5) is 5.69 Å². The van der Waals surface area contributed by atoms with Gasteiger partial charge in [-0.3, -0.25) is 4.40 Å². The molecular weight excluding hydrogens is 318 g/mol. The average Bonchev–Trinajstić information content (AvgIpc) is 2.96. The lowest BCUT2D eigenvalue weighted by Gasteiger charge is -2.11. The average molecular weight is 332 g/mol. The van der Waals surface area contributed by atoms with Crippen molar-refractivity contribution in [3.05, 3.63) is 59.0 Å². The van der Waals surface area contributed by atoms with E-state index < -0.39 is 5.97 Å². The van der Waals surface area contributed by atoms with Gasteiger partial charge in [0, 0.05) is 23.3 Å². The van der Waals surface area contributed by atoms with Crippen LogP contribution in [0.15, 0.2) is 42.7 Å². The van der Waals surface area contributed by atoms with Crippen LogP contribution in [0, 0.1) is 0 Å². The van der Waals surface area contributed by atoms with Crippen molar-refractivity contribution in [3.8, 4) is 5.75 Å². The van der Waals surface area contributed by atoms with E-state index in [9.17, 15) is 4.79 Å². The number of ether oxygens (including phenoxy) is 1. The standard InChI is InChI=1S/C16H14ClN3O3/c1-23-14-6-11(17)3-2-10(14)7-18-12-4-5-15-19-8-13(16(21)22)20(15)9-12/h2-6,8-9,18H,7H2,1H3,(H,21,22). The van der Waals surface area contributed by atoms with E-state index in [2.05, 4.69) is 10.3 Å². The van der Waals surface area contributed by atoms with Crippen LogP contribution in [-0.2, 0) is 6.54 Å². The van der Waals surface area contributed by atoms with E-state index in [1.54, 1.807) is 31.5 Å². The number of imidazole rings is 1. The maximum absolute atomic E-state index is 11.2. The monoisotopic (exact) mass is 331 g/mol. The Morgan fingerprint density at radius 3 is 2.96 bits per heavy atom. The Hall–Kier alpha value is -2.73. The number of carboxylic acids is 1. The van der Waals surface area contributed by atoms with E-state index >= 15 is 0 Å². The number of benzene rings is 1. The number of aromatic nitrogens is 2. The maximum Gasteiger partial charge on any atom is 0.354 e. The predicted molar refractivity (Wildman–Crippen MR) is 87.5 cm³/mol. The van der Waals surface area contributed by atoms with E-state index in [0.717, 1.165) is 11.3 Å². The molecule has 0 spiro atoms. The second-order valence-corrected chi connectivity index (χ2v) is 5.34. The van der Waals surface area contributed by atoms with Gasteiger partial charge >= 0.3 is 5.97 Å². The summed E-state index contributed by atoms with van der Waals surface area (Å²) in [6.07, 6.45) is 3.04. The number of halogens is 1. The van der Waals surface area contributed by atoms with E-state index in [1.807, 2.05) is 12.1 Å². The molecule has 3 aromatic rings. The molecule has 23 heavy (non-hydrogen) atoms. The Bertz CT molecular complexity index is 876. The number of rotatable bonds is 5. The molecule has 0 fully saturated rings. The molecule has 118 valence electrons. The van der Waals surface area contributed by atoms with Gasteiger partial charge in [0.15, 0.2) is 5.69 Å². The van der Waals surface area contributed by atoms with Crippen LogP contribution in [0.25, 0.3) is 5.65 Å². The fourth-order valence-corrected chi connectivity index (χ4v) is 2.47. The van der Waals surface area contributed by atoms with Gasteiger partial charge in [0.1, 0.15) is 11.4 Å². The van der Waals surface area contributed by atoms with E-state index in [-0.39, 0.29) is 5.69 Å². The van der Waals surface area contributed by atoms with Crippen LogP contribution < -0.4 is 10.1 Å². The minimum absolute atomic E-state index is 0.118. The first kappa shape index (κ1) is 15.2. The Morgan fingerprint density at radius 2 is 2.22 bits per heavy atom. The smallest absolute Gasteiger partial charge is 0.354 e. The SMILES string of the molecule is COc1cc(Cl)ccc1CNc1ccc2ncc(C(=O)O)n2c1. The van der Waals surface area contributed by atoms with Gasteiger partial charge in [-0.1, -0.05) is 17.7 Å².